The van der Waals surface area contributed by atoms with E-state index in [-0.39, 0.29) is 17.9 Å². The first-order chi connectivity index (χ1) is 4.22. The Labute approximate surface area is 53.6 Å². The van der Waals surface area contributed by atoms with E-state index in [1.807, 2.05) is 0 Å². The molecule has 0 aromatic rings. The predicted octanol–water partition coefficient (Wildman–Crippen LogP) is -1.98. The SMILES string of the molecule is NC(=O)C1CNCC1N. The molecular formula is C5H11N3O. The second kappa shape index (κ2) is 2.33. The molecule has 1 aliphatic rings. The van der Waals surface area contributed by atoms with Gasteiger partial charge in [-0.25, -0.2) is 0 Å². The fraction of sp³-hybridized carbons (Fsp3) is 0.800. The molecular weight excluding hydrogens is 118 g/mol. The number of nitrogens with two attached hydrogens (primary N) is 2. The second-order valence-electron chi connectivity index (χ2n) is 2.33. The van der Waals surface area contributed by atoms with Crippen molar-refractivity contribution in [3.63, 3.8) is 0 Å². The van der Waals surface area contributed by atoms with E-state index in [2.05, 4.69) is 5.32 Å². The number of hydrogen-bond acceptors (Lipinski definition) is 3. The molecule has 0 bridgehead atoms. The highest BCUT2D eigenvalue weighted by atomic mass is 16.1. The molecule has 4 nitrogen and oxygen atoms in total. The Balaban J connectivity index is 2.49. The van der Waals surface area contributed by atoms with Crippen LogP contribution in [0, 0.1) is 5.92 Å². The van der Waals surface area contributed by atoms with Gasteiger partial charge in [0.1, 0.15) is 0 Å². The van der Waals surface area contributed by atoms with E-state index < -0.39 is 0 Å². The molecule has 1 saturated heterocycles. The molecule has 9 heavy (non-hydrogen) atoms. The van der Waals surface area contributed by atoms with Gasteiger partial charge in [-0.3, -0.25) is 4.79 Å². The van der Waals surface area contributed by atoms with Crippen LogP contribution in [-0.2, 0) is 4.79 Å². The first-order valence-corrected chi connectivity index (χ1v) is 2.97. The lowest BCUT2D eigenvalue weighted by molar-refractivity contribution is -0.121. The Bertz CT molecular complexity index is 125. The molecule has 0 aliphatic carbocycles. The third-order valence-electron chi connectivity index (χ3n) is 1.63. The number of carbonyl (C=O) groups excluding carboxylic acids is 1. The number of hydrogen-bond donors (Lipinski definition) is 3. The van der Waals surface area contributed by atoms with Crippen LogP contribution in [0.15, 0.2) is 0 Å². The minimum atomic E-state index is -0.299. The van der Waals surface area contributed by atoms with Crippen molar-refractivity contribution in [3.05, 3.63) is 0 Å². The summed E-state index contributed by atoms with van der Waals surface area (Å²) in [5.74, 6) is -0.461. The maximum Gasteiger partial charge on any atom is 0.223 e. The summed E-state index contributed by atoms with van der Waals surface area (Å²) in [6.45, 7) is 1.34. The van der Waals surface area contributed by atoms with E-state index in [1.54, 1.807) is 0 Å². The highest BCUT2D eigenvalue weighted by molar-refractivity contribution is 5.78. The first kappa shape index (κ1) is 6.51. The zero-order chi connectivity index (χ0) is 6.85. The van der Waals surface area contributed by atoms with E-state index in [9.17, 15) is 4.79 Å². The summed E-state index contributed by atoms with van der Waals surface area (Å²) >= 11 is 0. The van der Waals surface area contributed by atoms with Crippen molar-refractivity contribution in [3.8, 4) is 0 Å². The van der Waals surface area contributed by atoms with E-state index in [0.717, 1.165) is 0 Å². The summed E-state index contributed by atoms with van der Waals surface area (Å²) in [5, 5.41) is 2.98. The Hall–Kier alpha value is -0.610. The van der Waals surface area contributed by atoms with Gasteiger partial charge in [0.25, 0.3) is 0 Å². The van der Waals surface area contributed by atoms with Crippen molar-refractivity contribution in [1.29, 1.82) is 0 Å². The van der Waals surface area contributed by atoms with Crippen LogP contribution < -0.4 is 16.8 Å². The molecule has 1 fully saturated rings. The summed E-state index contributed by atoms with van der Waals surface area (Å²) in [7, 11) is 0. The molecule has 0 aromatic heterocycles. The smallest absolute Gasteiger partial charge is 0.223 e. The van der Waals surface area contributed by atoms with Gasteiger partial charge in [0.2, 0.25) is 5.91 Å². The standard InChI is InChI=1S/C5H11N3O/c6-4-2-8-1-3(4)5(7)9/h3-4,8H,1-2,6H2,(H2,7,9). The number of rotatable bonds is 1. The topological polar surface area (TPSA) is 81.1 Å². The van der Waals surface area contributed by atoms with Crippen molar-refractivity contribution < 1.29 is 4.79 Å². The van der Waals surface area contributed by atoms with Gasteiger partial charge in [0.15, 0.2) is 0 Å². The molecule has 2 unspecified atom stereocenters. The largest absolute Gasteiger partial charge is 0.369 e. The van der Waals surface area contributed by atoms with Gasteiger partial charge in [0, 0.05) is 19.1 Å². The van der Waals surface area contributed by atoms with Crippen LogP contribution in [0.1, 0.15) is 0 Å². The molecule has 5 N–H and O–H groups in total. The lowest BCUT2D eigenvalue weighted by atomic mass is 10.1. The Morgan fingerprint density at radius 2 is 2.22 bits per heavy atom. The van der Waals surface area contributed by atoms with Gasteiger partial charge >= 0.3 is 0 Å². The third kappa shape index (κ3) is 1.20. The molecule has 52 valence electrons. The number of nitrogens with one attached hydrogen (secondary N) is 1. The zero-order valence-electron chi connectivity index (χ0n) is 5.13. The van der Waals surface area contributed by atoms with Crippen LogP contribution in [0.5, 0.6) is 0 Å². The van der Waals surface area contributed by atoms with E-state index in [0.29, 0.717) is 13.1 Å². The van der Waals surface area contributed by atoms with Crippen molar-refractivity contribution in [2.24, 2.45) is 17.4 Å². The van der Waals surface area contributed by atoms with E-state index >= 15 is 0 Å². The Kier molecular flexibility index (Phi) is 1.68. The minimum absolute atomic E-state index is 0.0810. The summed E-state index contributed by atoms with van der Waals surface area (Å²) in [5.41, 5.74) is 10.5. The van der Waals surface area contributed by atoms with Gasteiger partial charge in [-0.15, -0.1) is 0 Å². The zero-order valence-corrected chi connectivity index (χ0v) is 5.13. The fourth-order valence-electron chi connectivity index (χ4n) is 1.01. The van der Waals surface area contributed by atoms with Crippen LogP contribution in [-0.4, -0.2) is 25.0 Å². The van der Waals surface area contributed by atoms with Crippen LogP contribution >= 0.6 is 0 Å². The first-order valence-electron chi connectivity index (χ1n) is 2.97. The number of amides is 1. The summed E-state index contributed by atoms with van der Waals surface area (Å²) in [4.78, 5) is 10.5. The Morgan fingerprint density at radius 3 is 2.44 bits per heavy atom. The van der Waals surface area contributed by atoms with Gasteiger partial charge in [-0.1, -0.05) is 0 Å². The van der Waals surface area contributed by atoms with Crippen LogP contribution in [0.25, 0.3) is 0 Å². The lowest BCUT2D eigenvalue weighted by Crippen LogP contribution is -2.37. The van der Waals surface area contributed by atoms with Crippen molar-refractivity contribution in [1.82, 2.24) is 5.32 Å². The summed E-state index contributed by atoms with van der Waals surface area (Å²) < 4.78 is 0. The van der Waals surface area contributed by atoms with E-state index in [4.69, 9.17) is 11.5 Å². The maximum absolute atomic E-state index is 10.5. The Morgan fingerprint density at radius 1 is 1.56 bits per heavy atom. The monoisotopic (exact) mass is 129 g/mol. The van der Waals surface area contributed by atoms with E-state index in [1.165, 1.54) is 0 Å². The van der Waals surface area contributed by atoms with Gasteiger partial charge in [-0.05, 0) is 0 Å². The molecule has 1 rings (SSSR count). The normalized spacial score (nSPS) is 34.8. The molecule has 0 saturated carbocycles. The molecule has 0 spiro atoms. The molecule has 4 heteroatoms. The predicted molar refractivity (Wildman–Crippen MR) is 33.5 cm³/mol. The molecule has 0 radical (unpaired) electrons. The maximum atomic E-state index is 10.5. The second-order valence-corrected chi connectivity index (χ2v) is 2.33. The van der Waals surface area contributed by atoms with Crippen LogP contribution in [0.4, 0.5) is 0 Å². The van der Waals surface area contributed by atoms with Crippen molar-refractivity contribution >= 4 is 5.91 Å². The molecule has 1 heterocycles. The summed E-state index contributed by atoms with van der Waals surface area (Å²) in [6, 6.07) is -0.0810. The number of primary amides is 1. The van der Waals surface area contributed by atoms with Gasteiger partial charge in [-0.2, -0.15) is 0 Å². The highest BCUT2D eigenvalue weighted by Gasteiger charge is 2.27. The van der Waals surface area contributed by atoms with Gasteiger partial charge < -0.3 is 16.8 Å². The number of carbonyl (C=O) groups is 1. The van der Waals surface area contributed by atoms with Crippen LogP contribution in [0.3, 0.4) is 0 Å². The summed E-state index contributed by atoms with van der Waals surface area (Å²) in [6.07, 6.45) is 0. The van der Waals surface area contributed by atoms with Gasteiger partial charge in [0.05, 0.1) is 5.92 Å². The van der Waals surface area contributed by atoms with Crippen LogP contribution in [0.2, 0.25) is 0 Å². The molecule has 0 aromatic carbocycles. The third-order valence-corrected chi connectivity index (χ3v) is 1.63. The highest BCUT2D eigenvalue weighted by Crippen LogP contribution is 2.04. The average Bonchev–Trinajstić information content (AvgIpc) is 2.13. The average molecular weight is 129 g/mol. The van der Waals surface area contributed by atoms with Crippen molar-refractivity contribution in [2.75, 3.05) is 13.1 Å². The molecule has 2 atom stereocenters. The fourth-order valence-corrected chi connectivity index (χ4v) is 1.01. The van der Waals surface area contributed by atoms with Crippen molar-refractivity contribution in [2.45, 2.75) is 6.04 Å². The molecule has 1 aliphatic heterocycles. The quantitative estimate of drug-likeness (QED) is 0.383. The minimum Gasteiger partial charge on any atom is -0.369 e. The lowest BCUT2D eigenvalue weighted by Gasteiger charge is -2.07. The molecule has 1 amide bonds.